The summed E-state index contributed by atoms with van der Waals surface area (Å²) < 4.78 is 18.7. The molecule has 3 nitrogen and oxygen atoms in total. The van der Waals surface area contributed by atoms with Crippen molar-refractivity contribution >= 4 is 21.8 Å². The van der Waals surface area contributed by atoms with E-state index in [0.29, 0.717) is 5.76 Å². The van der Waals surface area contributed by atoms with Crippen molar-refractivity contribution in [2.24, 2.45) is 0 Å². The van der Waals surface area contributed by atoms with Gasteiger partial charge in [-0.05, 0) is 47.1 Å². The summed E-state index contributed by atoms with van der Waals surface area (Å²) in [5.41, 5.74) is 0.262. The maximum Gasteiger partial charge on any atom is 0.252 e. The SMILES string of the molecule is Cc1ccc(CNC(=O)c2cccc(F)c2Br)o1. The smallest absolute Gasteiger partial charge is 0.252 e. The van der Waals surface area contributed by atoms with Gasteiger partial charge in [-0.1, -0.05) is 6.07 Å². The molecule has 0 radical (unpaired) electrons. The summed E-state index contributed by atoms with van der Waals surface area (Å²) in [6, 6.07) is 7.94. The minimum atomic E-state index is -0.462. The van der Waals surface area contributed by atoms with Gasteiger partial charge in [0.1, 0.15) is 17.3 Å². The number of hydrogen-bond donors (Lipinski definition) is 1. The van der Waals surface area contributed by atoms with Crippen LogP contribution >= 0.6 is 15.9 Å². The van der Waals surface area contributed by atoms with Crippen molar-refractivity contribution in [2.75, 3.05) is 0 Å². The van der Waals surface area contributed by atoms with Crippen molar-refractivity contribution in [2.45, 2.75) is 13.5 Å². The number of amides is 1. The summed E-state index contributed by atoms with van der Waals surface area (Å²) in [6.45, 7) is 2.10. The number of carbonyl (C=O) groups excluding carboxylic acids is 1. The molecule has 1 N–H and O–H groups in total. The number of rotatable bonds is 3. The van der Waals surface area contributed by atoms with Crippen molar-refractivity contribution in [1.29, 1.82) is 0 Å². The molecule has 0 aliphatic carbocycles. The standard InChI is InChI=1S/C13H11BrFNO2/c1-8-5-6-9(18-8)7-16-13(17)10-3-2-4-11(15)12(10)14/h2-6H,7H2,1H3,(H,16,17). The minimum Gasteiger partial charge on any atom is -0.465 e. The van der Waals surface area contributed by atoms with Crippen LogP contribution < -0.4 is 5.32 Å². The third-order valence-electron chi connectivity index (χ3n) is 2.42. The lowest BCUT2D eigenvalue weighted by Gasteiger charge is -2.05. The van der Waals surface area contributed by atoms with Gasteiger partial charge in [0.05, 0.1) is 16.6 Å². The minimum absolute atomic E-state index is 0.165. The Balaban J connectivity index is 2.06. The Morgan fingerprint density at radius 1 is 1.39 bits per heavy atom. The van der Waals surface area contributed by atoms with Crippen molar-refractivity contribution in [3.8, 4) is 0 Å². The van der Waals surface area contributed by atoms with E-state index in [4.69, 9.17) is 4.42 Å². The first-order valence-corrected chi connectivity index (χ1v) is 6.15. The van der Waals surface area contributed by atoms with Gasteiger partial charge in [0.2, 0.25) is 0 Å². The molecule has 1 aromatic heterocycles. The Morgan fingerprint density at radius 3 is 2.83 bits per heavy atom. The van der Waals surface area contributed by atoms with Crippen LogP contribution in [0.15, 0.2) is 39.2 Å². The molecule has 0 saturated heterocycles. The molecular formula is C13H11BrFNO2. The Hall–Kier alpha value is -1.62. The topological polar surface area (TPSA) is 42.2 Å². The van der Waals surface area contributed by atoms with E-state index in [1.165, 1.54) is 12.1 Å². The van der Waals surface area contributed by atoms with Crippen molar-refractivity contribution in [3.63, 3.8) is 0 Å². The van der Waals surface area contributed by atoms with E-state index < -0.39 is 5.82 Å². The third-order valence-corrected chi connectivity index (χ3v) is 3.22. The quantitative estimate of drug-likeness (QED) is 0.943. The van der Waals surface area contributed by atoms with Gasteiger partial charge in [-0.25, -0.2) is 4.39 Å². The highest BCUT2D eigenvalue weighted by atomic mass is 79.9. The first-order valence-electron chi connectivity index (χ1n) is 5.35. The Kier molecular flexibility index (Phi) is 3.81. The van der Waals surface area contributed by atoms with Crippen LogP contribution in [0.25, 0.3) is 0 Å². The highest BCUT2D eigenvalue weighted by molar-refractivity contribution is 9.10. The van der Waals surface area contributed by atoms with E-state index in [9.17, 15) is 9.18 Å². The Bertz CT molecular complexity index is 580. The zero-order valence-corrected chi connectivity index (χ0v) is 11.3. The molecule has 0 unspecified atom stereocenters. The molecule has 0 bridgehead atoms. The van der Waals surface area contributed by atoms with Gasteiger partial charge in [-0.3, -0.25) is 4.79 Å². The molecule has 0 aliphatic heterocycles. The summed E-state index contributed by atoms with van der Waals surface area (Å²) in [5.74, 6) is 0.631. The van der Waals surface area contributed by atoms with E-state index >= 15 is 0 Å². The predicted octanol–water partition coefficient (Wildman–Crippen LogP) is 3.42. The lowest BCUT2D eigenvalue weighted by atomic mass is 10.2. The number of hydrogen-bond acceptors (Lipinski definition) is 2. The zero-order valence-electron chi connectivity index (χ0n) is 9.67. The van der Waals surface area contributed by atoms with Gasteiger partial charge >= 0.3 is 0 Å². The molecule has 1 aromatic carbocycles. The predicted molar refractivity (Wildman–Crippen MR) is 68.7 cm³/mol. The molecule has 2 aromatic rings. The molecule has 18 heavy (non-hydrogen) atoms. The van der Waals surface area contributed by atoms with E-state index in [2.05, 4.69) is 21.2 Å². The largest absolute Gasteiger partial charge is 0.465 e. The van der Waals surface area contributed by atoms with Crippen molar-refractivity contribution in [1.82, 2.24) is 5.32 Å². The van der Waals surface area contributed by atoms with Crippen LogP contribution in [0.3, 0.4) is 0 Å². The molecular weight excluding hydrogens is 301 g/mol. The fourth-order valence-corrected chi connectivity index (χ4v) is 1.97. The maximum atomic E-state index is 13.3. The van der Waals surface area contributed by atoms with Crippen LogP contribution in [0.2, 0.25) is 0 Å². The summed E-state index contributed by atoms with van der Waals surface area (Å²) in [4.78, 5) is 11.8. The molecule has 94 valence electrons. The van der Waals surface area contributed by atoms with Gasteiger partial charge < -0.3 is 9.73 Å². The molecule has 1 amide bonds. The summed E-state index contributed by atoms with van der Waals surface area (Å²) in [5, 5.41) is 2.67. The van der Waals surface area contributed by atoms with Gasteiger partial charge in [0.15, 0.2) is 0 Å². The second-order valence-corrected chi connectivity index (χ2v) is 4.59. The molecule has 0 atom stereocenters. The average molecular weight is 312 g/mol. The number of aryl methyl sites for hydroxylation is 1. The van der Waals surface area contributed by atoms with E-state index in [0.717, 1.165) is 5.76 Å². The van der Waals surface area contributed by atoms with Crippen LogP contribution in [-0.2, 0) is 6.54 Å². The molecule has 1 heterocycles. The first-order chi connectivity index (χ1) is 8.58. The van der Waals surface area contributed by atoms with Crippen LogP contribution in [0.1, 0.15) is 21.9 Å². The third kappa shape index (κ3) is 2.79. The fourth-order valence-electron chi connectivity index (χ4n) is 1.52. The second kappa shape index (κ2) is 5.35. The lowest BCUT2D eigenvalue weighted by Crippen LogP contribution is -2.23. The van der Waals surface area contributed by atoms with E-state index in [1.54, 1.807) is 12.1 Å². The monoisotopic (exact) mass is 311 g/mol. The molecule has 0 spiro atoms. The van der Waals surface area contributed by atoms with E-state index in [-0.39, 0.29) is 22.5 Å². The molecule has 5 heteroatoms. The summed E-state index contributed by atoms with van der Waals surface area (Å²) in [6.07, 6.45) is 0. The van der Waals surface area contributed by atoms with Crippen LogP contribution in [0, 0.1) is 12.7 Å². The lowest BCUT2D eigenvalue weighted by molar-refractivity contribution is 0.0946. The number of carbonyl (C=O) groups is 1. The Labute approximate surface area is 112 Å². The van der Waals surface area contributed by atoms with Crippen molar-refractivity contribution in [3.05, 3.63) is 57.7 Å². The first kappa shape index (κ1) is 12.8. The van der Waals surface area contributed by atoms with Gasteiger partial charge in [0.25, 0.3) is 5.91 Å². The number of nitrogens with one attached hydrogen (secondary N) is 1. The van der Waals surface area contributed by atoms with Gasteiger partial charge in [-0.15, -0.1) is 0 Å². The highest BCUT2D eigenvalue weighted by Gasteiger charge is 2.13. The van der Waals surface area contributed by atoms with Crippen LogP contribution in [0.5, 0.6) is 0 Å². The fraction of sp³-hybridized carbons (Fsp3) is 0.154. The van der Waals surface area contributed by atoms with E-state index in [1.807, 2.05) is 13.0 Å². The molecule has 0 fully saturated rings. The summed E-state index contributed by atoms with van der Waals surface area (Å²) >= 11 is 3.05. The summed E-state index contributed by atoms with van der Waals surface area (Å²) in [7, 11) is 0. The number of halogens is 2. The highest BCUT2D eigenvalue weighted by Crippen LogP contribution is 2.20. The van der Waals surface area contributed by atoms with Crippen molar-refractivity contribution < 1.29 is 13.6 Å². The maximum absolute atomic E-state index is 13.3. The van der Waals surface area contributed by atoms with Crippen LogP contribution in [0.4, 0.5) is 4.39 Å². The average Bonchev–Trinajstić information content (AvgIpc) is 2.76. The second-order valence-electron chi connectivity index (χ2n) is 3.80. The normalized spacial score (nSPS) is 10.4. The zero-order chi connectivity index (χ0) is 13.1. The number of furan rings is 1. The molecule has 0 saturated carbocycles. The molecule has 0 aliphatic rings. The number of benzene rings is 1. The van der Waals surface area contributed by atoms with Gasteiger partial charge in [-0.2, -0.15) is 0 Å². The van der Waals surface area contributed by atoms with Gasteiger partial charge in [0, 0.05) is 0 Å². The Morgan fingerprint density at radius 2 is 2.17 bits per heavy atom. The van der Waals surface area contributed by atoms with Crippen LogP contribution in [-0.4, -0.2) is 5.91 Å². The molecule has 2 rings (SSSR count).